The molecule has 2 nitrogen and oxygen atoms in total. The SMILES string of the molecule is O=CC1=Cc2ccccc2O[C@@H]1c1cc(F)c(F)cc1F. The van der Waals surface area contributed by atoms with Crippen molar-refractivity contribution in [1.82, 2.24) is 0 Å². The number of hydrogen-bond donors (Lipinski definition) is 0. The average Bonchev–Trinajstić information content (AvgIpc) is 2.49. The molecular formula is C16H9F3O2. The molecule has 3 rings (SSSR count). The van der Waals surface area contributed by atoms with Gasteiger partial charge < -0.3 is 4.74 Å². The first-order valence-corrected chi connectivity index (χ1v) is 6.17. The topological polar surface area (TPSA) is 26.3 Å². The van der Waals surface area contributed by atoms with Crippen molar-refractivity contribution in [3.63, 3.8) is 0 Å². The molecule has 1 heterocycles. The maximum atomic E-state index is 13.9. The van der Waals surface area contributed by atoms with Crippen LogP contribution in [0.4, 0.5) is 13.2 Å². The quantitative estimate of drug-likeness (QED) is 0.621. The van der Waals surface area contributed by atoms with Crippen LogP contribution in [0.1, 0.15) is 17.2 Å². The molecule has 0 radical (unpaired) electrons. The largest absolute Gasteiger partial charge is 0.480 e. The summed E-state index contributed by atoms with van der Waals surface area (Å²) in [6, 6.07) is 8.02. The number of hydrogen-bond acceptors (Lipinski definition) is 2. The van der Waals surface area contributed by atoms with E-state index < -0.39 is 23.6 Å². The second kappa shape index (κ2) is 5.09. The molecule has 0 bridgehead atoms. The van der Waals surface area contributed by atoms with Gasteiger partial charge in [0.05, 0.1) is 0 Å². The summed E-state index contributed by atoms with van der Waals surface area (Å²) >= 11 is 0. The predicted molar refractivity (Wildman–Crippen MR) is 70.2 cm³/mol. The lowest BCUT2D eigenvalue weighted by molar-refractivity contribution is -0.105. The molecule has 0 aromatic heterocycles. The molecule has 2 aromatic rings. The lowest BCUT2D eigenvalue weighted by atomic mass is 9.96. The second-order valence-electron chi connectivity index (χ2n) is 4.59. The third-order valence-corrected chi connectivity index (χ3v) is 3.25. The van der Waals surface area contributed by atoms with Crippen molar-refractivity contribution in [2.45, 2.75) is 6.10 Å². The molecule has 1 aliphatic rings. The van der Waals surface area contributed by atoms with Gasteiger partial charge in [-0.1, -0.05) is 18.2 Å². The highest BCUT2D eigenvalue weighted by Gasteiger charge is 2.27. The fourth-order valence-electron chi connectivity index (χ4n) is 2.24. The molecule has 21 heavy (non-hydrogen) atoms. The van der Waals surface area contributed by atoms with E-state index in [4.69, 9.17) is 4.74 Å². The van der Waals surface area contributed by atoms with Gasteiger partial charge in [0.2, 0.25) is 0 Å². The molecular weight excluding hydrogens is 281 g/mol. The van der Waals surface area contributed by atoms with E-state index in [1.54, 1.807) is 24.3 Å². The minimum Gasteiger partial charge on any atom is -0.480 e. The number of ether oxygens (including phenoxy) is 1. The van der Waals surface area contributed by atoms with Gasteiger partial charge in [-0.15, -0.1) is 0 Å². The molecule has 0 unspecified atom stereocenters. The van der Waals surface area contributed by atoms with Gasteiger partial charge in [-0.3, -0.25) is 4.79 Å². The third kappa shape index (κ3) is 2.31. The van der Waals surface area contributed by atoms with E-state index in [9.17, 15) is 18.0 Å². The number of rotatable bonds is 2. The van der Waals surface area contributed by atoms with Gasteiger partial charge in [0, 0.05) is 22.8 Å². The van der Waals surface area contributed by atoms with Gasteiger partial charge >= 0.3 is 0 Å². The van der Waals surface area contributed by atoms with E-state index >= 15 is 0 Å². The first kappa shape index (κ1) is 13.4. The highest BCUT2D eigenvalue weighted by Crippen LogP contribution is 2.37. The first-order valence-electron chi connectivity index (χ1n) is 6.17. The molecule has 5 heteroatoms. The van der Waals surface area contributed by atoms with Crippen LogP contribution < -0.4 is 4.74 Å². The van der Waals surface area contributed by atoms with Crippen molar-refractivity contribution in [3.05, 3.63) is 70.5 Å². The molecule has 1 aliphatic heterocycles. The summed E-state index contributed by atoms with van der Waals surface area (Å²) in [5.74, 6) is -3.01. The van der Waals surface area contributed by atoms with Crippen LogP contribution in [0.5, 0.6) is 5.75 Å². The Balaban J connectivity index is 2.12. The van der Waals surface area contributed by atoms with Gasteiger partial charge in [0.1, 0.15) is 17.9 Å². The zero-order valence-electron chi connectivity index (χ0n) is 10.6. The molecule has 2 aromatic carbocycles. The summed E-state index contributed by atoms with van der Waals surface area (Å²) < 4.78 is 45.8. The van der Waals surface area contributed by atoms with Crippen molar-refractivity contribution in [2.24, 2.45) is 0 Å². The standard InChI is InChI=1S/C16H9F3O2/c17-12-7-14(19)13(18)6-11(12)16-10(8-20)5-9-3-1-2-4-15(9)21-16/h1-8,16H/t16-/m0/s1. The minimum absolute atomic E-state index is 0.138. The van der Waals surface area contributed by atoms with E-state index in [1.165, 1.54) is 6.08 Å². The molecule has 1 atom stereocenters. The number of para-hydroxylation sites is 1. The van der Waals surface area contributed by atoms with Crippen LogP contribution in [-0.4, -0.2) is 6.29 Å². The molecule has 0 N–H and O–H groups in total. The fourth-order valence-corrected chi connectivity index (χ4v) is 2.24. The fraction of sp³-hybridized carbons (Fsp3) is 0.0625. The van der Waals surface area contributed by atoms with E-state index in [0.29, 0.717) is 29.7 Å². The highest BCUT2D eigenvalue weighted by atomic mass is 19.2. The number of aldehydes is 1. The maximum absolute atomic E-state index is 13.9. The van der Waals surface area contributed by atoms with Gasteiger partial charge in [-0.05, 0) is 18.2 Å². The van der Waals surface area contributed by atoms with Gasteiger partial charge in [0.15, 0.2) is 17.7 Å². The number of fused-ring (bicyclic) bond motifs is 1. The van der Waals surface area contributed by atoms with Crippen LogP contribution in [-0.2, 0) is 4.79 Å². The zero-order chi connectivity index (χ0) is 15.0. The van der Waals surface area contributed by atoms with Crippen molar-refractivity contribution < 1.29 is 22.7 Å². The number of carbonyl (C=O) groups excluding carboxylic acids is 1. The Morgan fingerprint density at radius 3 is 2.48 bits per heavy atom. The molecule has 0 saturated carbocycles. The van der Waals surface area contributed by atoms with Gasteiger partial charge in [0.25, 0.3) is 0 Å². The number of halogens is 3. The Morgan fingerprint density at radius 2 is 1.71 bits per heavy atom. The molecule has 0 spiro atoms. The van der Waals surface area contributed by atoms with Crippen LogP contribution in [0.15, 0.2) is 42.0 Å². The van der Waals surface area contributed by atoms with Crippen LogP contribution in [0, 0.1) is 17.5 Å². The summed E-state index contributed by atoms with van der Waals surface area (Å²) in [7, 11) is 0. The van der Waals surface area contributed by atoms with E-state index in [0.717, 1.165) is 0 Å². The molecule has 0 saturated heterocycles. The summed E-state index contributed by atoms with van der Waals surface area (Å²) in [5, 5.41) is 0. The van der Waals surface area contributed by atoms with Gasteiger partial charge in [-0.2, -0.15) is 0 Å². The van der Waals surface area contributed by atoms with E-state index in [-0.39, 0.29) is 11.1 Å². The van der Waals surface area contributed by atoms with Crippen LogP contribution in [0.2, 0.25) is 0 Å². The van der Waals surface area contributed by atoms with E-state index in [2.05, 4.69) is 0 Å². The normalized spacial score (nSPS) is 16.7. The van der Waals surface area contributed by atoms with Crippen LogP contribution in [0.3, 0.4) is 0 Å². The van der Waals surface area contributed by atoms with Crippen LogP contribution in [0.25, 0.3) is 6.08 Å². The number of carbonyl (C=O) groups is 1. The average molecular weight is 290 g/mol. The lowest BCUT2D eigenvalue weighted by Crippen LogP contribution is -2.17. The Bertz CT molecular complexity index is 753. The summed E-state index contributed by atoms with van der Waals surface area (Å²) in [4.78, 5) is 11.2. The third-order valence-electron chi connectivity index (χ3n) is 3.25. The van der Waals surface area contributed by atoms with Crippen LogP contribution >= 0.6 is 0 Å². The second-order valence-corrected chi connectivity index (χ2v) is 4.59. The smallest absolute Gasteiger partial charge is 0.161 e. The van der Waals surface area contributed by atoms with Crippen molar-refractivity contribution in [2.75, 3.05) is 0 Å². The highest BCUT2D eigenvalue weighted by molar-refractivity contribution is 5.85. The molecule has 0 aliphatic carbocycles. The van der Waals surface area contributed by atoms with Crippen molar-refractivity contribution >= 4 is 12.4 Å². The van der Waals surface area contributed by atoms with Gasteiger partial charge in [-0.25, -0.2) is 13.2 Å². The summed E-state index contributed by atoms with van der Waals surface area (Å²) in [6.07, 6.45) is 0.950. The Labute approximate surface area is 118 Å². The Morgan fingerprint density at radius 1 is 1.00 bits per heavy atom. The maximum Gasteiger partial charge on any atom is 0.161 e. The predicted octanol–water partition coefficient (Wildman–Crippen LogP) is 3.82. The molecule has 0 fully saturated rings. The summed E-state index contributed by atoms with van der Waals surface area (Å²) in [6.45, 7) is 0. The van der Waals surface area contributed by atoms with Crippen molar-refractivity contribution in [1.29, 1.82) is 0 Å². The Hall–Kier alpha value is -2.56. The zero-order valence-corrected chi connectivity index (χ0v) is 10.6. The minimum atomic E-state index is -1.29. The number of benzene rings is 2. The Kier molecular flexibility index (Phi) is 3.25. The lowest BCUT2D eigenvalue weighted by Gasteiger charge is -2.25. The summed E-state index contributed by atoms with van der Waals surface area (Å²) in [5.41, 5.74) is 0.583. The van der Waals surface area contributed by atoms with Crippen molar-refractivity contribution in [3.8, 4) is 5.75 Å². The van der Waals surface area contributed by atoms with E-state index in [1.807, 2.05) is 0 Å². The monoisotopic (exact) mass is 290 g/mol. The molecule has 106 valence electrons. The first-order chi connectivity index (χ1) is 10.1. The molecule has 0 amide bonds.